The van der Waals surface area contributed by atoms with Crippen LogP contribution in [-0.2, 0) is 24.9 Å². The average Bonchev–Trinajstić information content (AvgIpc) is 2.34. The summed E-state index contributed by atoms with van der Waals surface area (Å²) in [5, 5.41) is 8.56. The highest BCUT2D eigenvalue weighted by molar-refractivity contribution is 7.92. The first-order chi connectivity index (χ1) is 9.51. The number of carbonyl (C=O) groups is 1. The third-order valence-corrected chi connectivity index (χ3v) is 4.59. The lowest BCUT2D eigenvalue weighted by molar-refractivity contribution is -0.138. The maximum atomic E-state index is 11.7. The summed E-state index contributed by atoms with van der Waals surface area (Å²) < 4.78 is 56.2. The van der Waals surface area contributed by atoms with Crippen molar-refractivity contribution in [1.29, 1.82) is 0 Å². The molecule has 0 fully saturated rings. The lowest BCUT2D eigenvalue weighted by atomic mass is 10.2. The molecular formula is C10H14N2O7S2. The molecule has 0 saturated heterocycles. The molecule has 5 N–H and O–H groups in total. The van der Waals surface area contributed by atoms with Crippen molar-refractivity contribution in [2.45, 2.75) is 17.4 Å². The molecule has 1 unspecified atom stereocenters. The van der Waals surface area contributed by atoms with Gasteiger partial charge >= 0.3 is 5.97 Å². The lowest BCUT2D eigenvalue weighted by Gasteiger charge is -2.10. The predicted molar refractivity (Wildman–Crippen MR) is 73.9 cm³/mol. The van der Waals surface area contributed by atoms with Gasteiger partial charge in [-0.2, -0.15) is 8.42 Å². The molecule has 0 amide bonds. The zero-order valence-electron chi connectivity index (χ0n) is 10.6. The number of nitrogens with two attached hydrogens (primary N) is 1. The molecule has 1 rings (SSSR count). The highest BCUT2D eigenvalue weighted by Gasteiger charge is 2.18. The van der Waals surface area contributed by atoms with Gasteiger partial charge in [0, 0.05) is 5.69 Å². The van der Waals surface area contributed by atoms with E-state index in [9.17, 15) is 21.6 Å². The van der Waals surface area contributed by atoms with E-state index >= 15 is 0 Å². The van der Waals surface area contributed by atoms with E-state index in [1.807, 2.05) is 0 Å². The topological polar surface area (TPSA) is 164 Å². The monoisotopic (exact) mass is 338 g/mol. The van der Waals surface area contributed by atoms with Gasteiger partial charge in [0.05, 0.1) is 10.6 Å². The van der Waals surface area contributed by atoms with Gasteiger partial charge in [-0.25, -0.2) is 8.42 Å². The van der Waals surface area contributed by atoms with E-state index in [-0.39, 0.29) is 12.1 Å². The summed E-state index contributed by atoms with van der Waals surface area (Å²) in [6.45, 7) is 0. The molecule has 0 aliphatic rings. The third-order valence-electron chi connectivity index (χ3n) is 2.42. The van der Waals surface area contributed by atoms with Crippen LogP contribution in [0.25, 0.3) is 0 Å². The van der Waals surface area contributed by atoms with Gasteiger partial charge in [0.1, 0.15) is 6.04 Å². The van der Waals surface area contributed by atoms with Crippen LogP contribution in [-0.4, -0.2) is 44.3 Å². The largest absolute Gasteiger partial charge is 0.480 e. The highest BCUT2D eigenvalue weighted by atomic mass is 32.2. The Morgan fingerprint density at radius 3 is 2.43 bits per heavy atom. The van der Waals surface area contributed by atoms with Crippen molar-refractivity contribution in [1.82, 2.24) is 0 Å². The van der Waals surface area contributed by atoms with Gasteiger partial charge in [0.15, 0.2) is 0 Å². The average molecular weight is 338 g/mol. The highest BCUT2D eigenvalue weighted by Crippen LogP contribution is 2.16. The van der Waals surface area contributed by atoms with Gasteiger partial charge in [-0.3, -0.25) is 14.1 Å². The molecule has 0 radical (unpaired) electrons. The van der Waals surface area contributed by atoms with E-state index < -0.39 is 42.8 Å². The van der Waals surface area contributed by atoms with Crippen molar-refractivity contribution >= 4 is 31.8 Å². The number of hydrogen-bond donors (Lipinski definition) is 4. The zero-order valence-corrected chi connectivity index (χ0v) is 12.3. The Kier molecular flexibility index (Phi) is 5.28. The number of carboxylic acid groups (broad SMARTS) is 1. The van der Waals surface area contributed by atoms with Crippen molar-refractivity contribution in [3.8, 4) is 0 Å². The Bertz CT molecular complexity index is 728. The number of rotatable bonds is 7. The second kappa shape index (κ2) is 6.39. The van der Waals surface area contributed by atoms with Crippen molar-refractivity contribution in [2.75, 3.05) is 10.5 Å². The maximum Gasteiger partial charge on any atom is 0.320 e. The van der Waals surface area contributed by atoms with Gasteiger partial charge in [-0.1, -0.05) is 6.07 Å². The fourth-order valence-corrected chi connectivity index (χ4v) is 3.04. The zero-order chi connectivity index (χ0) is 16.3. The standard InChI is InChI=1S/C10H14N2O7S2/c11-9(10(13)14)4-5-20(15,16)12-7-2-1-3-8(6-7)21(17,18)19/h1-3,6,9,12H,4-5,11H2,(H,13,14)(H,17,18,19). The number of anilines is 1. The molecule has 0 spiro atoms. The first-order valence-corrected chi connectivity index (χ1v) is 8.67. The Morgan fingerprint density at radius 2 is 1.90 bits per heavy atom. The van der Waals surface area contributed by atoms with Crippen LogP contribution in [0.5, 0.6) is 0 Å². The Morgan fingerprint density at radius 1 is 1.29 bits per heavy atom. The first-order valence-electron chi connectivity index (χ1n) is 5.58. The smallest absolute Gasteiger partial charge is 0.320 e. The number of benzene rings is 1. The Balaban J connectivity index is 2.83. The van der Waals surface area contributed by atoms with Crippen molar-refractivity contribution < 1.29 is 31.3 Å². The molecule has 1 atom stereocenters. The molecular weight excluding hydrogens is 324 g/mol. The molecule has 21 heavy (non-hydrogen) atoms. The summed E-state index contributed by atoms with van der Waals surface area (Å²) in [4.78, 5) is 10.0. The normalized spacial score (nSPS) is 13.6. The van der Waals surface area contributed by atoms with E-state index in [1.54, 1.807) is 0 Å². The minimum atomic E-state index is -4.45. The van der Waals surface area contributed by atoms with E-state index in [4.69, 9.17) is 15.4 Å². The number of hydrogen-bond acceptors (Lipinski definition) is 6. The molecule has 1 aromatic rings. The summed E-state index contributed by atoms with van der Waals surface area (Å²) in [6, 6.07) is 3.23. The van der Waals surface area contributed by atoms with Crippen LogP contribution in [0, 0.1) is 0 Å². The lowest BCUT2D eigenvalue weighted by Crippen LogP contribution is -2.33. The fourth-order valence-electron chi connectivity index (χ4n) is 1.36. The second-order valence-corrected chi connectivity index (χ2v) is 7.42. The summed E-state index contributed by atoms with van der Waals surface area (Å²) in [5.74, 6) is -1.87. The minimum absolute atomic E-state index is 0.0750. The van der Waals surface area contributed by atoms with E-state index in [0.29, 0.717) is 0 Å². The van der Waals surface area contributed by atoms with Crippen LogP contribution in [0.3, 0.4) is 0 Å². The summed E-state index contributed by atoms with van der Waals surface area (Å²) in [6.07, 6.45) is -0.303. The third kappa shape index (κ3) is 5.67. The van der Waals surface area contributed by atoms with Gasteiger partial charge in [0.25, 0.3) is 10.1 Å². The second-order valence-electron chi connectivity index (χ2n) is 4.16. The van der Waals surface area contributed by atoms with Gasteiger partial charge in [0.2, 0.25) is 10.0 Å². The summed E-state index contributed by atoms with van der Waals surface area (Å²) in [7, 11) is -8.35. The number of sulfonamides is 1. The maximum absolute atomic E-state index is 11.7. The van der Waals surface area contributed by atoms with Crippen LogP contribution < -0.4 is 10.5 Å². The van der Waals surface area contributed by atoms with Crippen LogP contribution in [0.4, 0.5) is 5.69 Å². The van der Waals surface area contributed by atoms with Crippen LogP contribution in [0.1, 0.15) is 6.42 Å². The Hall–Kier alpha value is -1.69. The van der Waals surface area contributed by atoms with E-state index in [0.717, 1.165) is 12.1 Å². The van der Waals surface area contributed by atoms with Gasteiger partial charge < -0.3 is 10.8 Å². The molecule has 118 valence electrons. The van der Waals surface area contributed by atoms with Crippen LogP contribution in [0.2, 0.25) is 0 Å². The minimum Gasteiger partial charge on any atom is -0.480 e. The molecule has 0 aliphatic carbocycles. The molecule has 11 heteroatoms. The number of nitrogens with one attached hydrogen (secondary N) is 1. The molecule has 0 aliphatic heterocycles. The first kappa shape index (κ1) is 17.4. The van der Waals surface area contributed by atoms with Crippen molar-refractivity contribution in [3.05, 3.63) is 24.3 Å². The number of aliphatic carboxylic acids is 1. The van der Waals surface area contributed by atoms with Crippen molar-refractivity contribution in [2.24, 2.45) is 5.73 Å². The number of carboxylic acids is 1. The summed E-state index contributed by atoms with van der Waals surface area (Å²) in [5.41, 5.74) is 5.12. The van der Waals surface area contributed by atoms with Crippen molar-refractivity contribution in [3.63, 3.8) is 0 Å². The van der Waals surface area contributed by atoms with E-state index in [2.05, 4.69) is 4.72 Å². The molecule has 0 aromatic heterocycles. The molecule has 0 heterocycles. The molecule has 9 nitrogen and oxygen atoms in total. The quantitative estimate of drug-likeness (QED) is 0.482. The predicted octanol–water partition coefficient (Wildman–Crippen LogP) is -0.523. The van der Waals surface area contributed by atoms with Gasteiger partial charge in [-0.05, 0) is 24.6 Å². The van der Waals surface area contributed by atoms with Gasteiger partial charge in [-0.15, -0.1) is 0 Å². The van der Waals surface area contributed by atoms with Crippen LogP contribution in [0.15, 0.2) is 29.2 Å². The summed E-state index contributed by atoms with van der Waals surface area (Å²) >= 11 is 0. The SMILES string of the molecule is NC(CCS(=O)(=O)Nc1cccc(S(=O)(=O)O)c1)C(=O)O. The van der Waals surface area contributed by atoms with Crippen LogP contribution >= 0.6 is 0 Å². The molecule has 1 aromatic carbocycles. The Labute approximate surface area is 121 Å². The molecule has 0 saturated carbocycles. The fraction of sp³-hybridized carbons (Fsp3) is 0.300. The van der Waals surface area contributed by atoms with E-state index in [1.165, 1.54) is 12.1 Å². The molecule has 0 bridgehead atoms.